The number of halogens is 1. The molecule has 0 atom stereocenters. The molecule has 3 heterocycles. The first-order valence-corrected chi connectivity index (χ1v) is 12.8. The van der Waals surface area contributed by atoms with E-state index in [0.29, 0.717) is 31.0 Å². The molecule has 5 rings (SSSR count). The molecule has 1 aromatic heterocycles. The minimum absolute atomic E-state index is 0.00324. The predicted molar refractivity (Wildman–Crippen MR) is 144 cm³/mol. The van der Waals surface area contributed by atoms with Crippen LogP contribution in [0.25, 0.3) is 0 Å². The van der Waals surface area contributed by atoms with E-state index in [4.69, 9.17) is 11.6 Å². The van der Waals surface area contributed by atoms with Crippen molar-refractivity contribution in [2.24, 2.45) is 7.05 Å². The van der Waals surface area contributed by atoms with Crippen LogP contribution in [0.15, 0.2) is 60.7 Å². The Labute approximate surface area is 217 Å². The van der Waals surface area contributed by atoms with Crippen molar-refractivity contribution in [1.82, 2.24) is 14.4 Å². The molecule has 0 unspecified atom stereocenters. The summed E-state index contributed by atoms with van der Waals surface area (Å²) < 4.78 is 1.77. The Morgan fingerprint density at radius 1 is 0.889 bits per heavy atom. The van der Waals surface area contributed by atoms with Crippen LogP contribution < -0.4 is 9.80 Å². The number of carbonyl (C=O) groups excluding carboxylic acids is 1. The first-order valence-electron chi connectivity index (χ1n) is 12.4. The monoisotopic (exact) mass is 502 g/mol. The normalized spacial score (nSPS) is 16.8. The highest BCUT2D eigenvalue weighted by atomic mass is 35.5. The zero-order valence-corrected chi connectivity index (χ0v) is 21.4. The van der Waals surface area contributed by atoms with E-state index in [0.717, 1.165) is 55.5 Å². The maximum absolute atomic E-state index is 13.4. The number of nitriles is 1. The Hall–Kier alpha value is -3.47. The minimum Gasteiger partial charge on any atom is -0.368 e. The Balaban J connectivity index is 1.23. The lowest BCUT2D eigenvalue weighted by molar-refractivity contribution is 0.0737. The number of carbonyl (C=O) groups is 1. The van der Waals surface area contributed by atoms with Crippen LogP contribution in [0.1, 0.15) is 21.7 Å². The number of amides is 1. The standard InChI is InChI=1S/C28H31ClN6O/c1-31-26(28(36)35-17-15-33(16-18-35)23-7-3-2-4-8-23)19-22(27(31)20-30)21-32-11-13-34(14-12-32)25-10-6-5-9-24(25)29/h2-10,19H,11-18,21H2,1H3. The van der Waals surface area contributed by atoms with Crippen LogP contribution in [-0.4, -0.2) is 72.6 Å². The first kappa shape index (κ1) is 24.2. The first-order chi connectivity index (χ1) is 17.5. The Bertz CT molecular complexity index is 1250. The number of nitrogens with zero attached hydrogens (tertiary/aromatic N) is 6. The fourth-order valence-electron chi connectivity index (χ4n) is 5.20. The number of para-hydroxylation sites is 2. The van der Waals surface area contributed by atoms with Gasteiger partial charge in [0, 0.05) is 77.2 Å². The molecular formula is C28H31ClN6O. The van der Waals surface area contributed by atoms with Gasteiger partial charge in [-0.25, -0.2) is 0 Å². The van der Waals surface area contributed by atoms with Gasteiger partial charge in [-0.2, -0.15) is 5.26 Å². The number of anilines is 2. The molecule has 36 heavy (non-hydrogen) atoms. The van der Waals surface area contributed by atoms with Gasteiger partial charge in [-0.1, -0.05) is 41.9 Å². The van der Waals surface area contributed by atoms with Crippen molar-refractivity contribution >= 4 is 28.9 Å². The Morgan fingerprint density at radius 2 is 1.53 bits per heavy atom. The van der Waals surface area contributed by atoms with Crippen LogP contribution in [0.2, 0.25) is 5.02 Å². The highest BCUT2D eigenvalue weighted by molar-refractivity contribution is 6.33. The van der Waals surface area contributed by atoms with Gasteiger partial charge in [0.2, 0.25) is 0 Å². The van der Waals surface area contributed by atoms with Crippen LogP contribution in [0.3, 0.4) is 0 Å². The fourth-order valence-corrected chi connectivity index (χ4v) is 5.46. The van der Waals surface area contributed by atoms with Crippen LogP contribution in [-0.2, 0) is 13.6 Å². The largest absolute Gasteiger partial charge is 0.368 e. The van der Waals surface area contributed by atoms with Gasteiger partial charge in [0.25, 0.3) is 5.91 Å². The number of benzene rings is 2. The molecule has 2 saturated heterocycles. The summed E-state index contributed by atoms with van der Waals surface area (Å²) in [6.45, 7) is 7.07. The van der Waals surface area contributed by atoms with Gasteiger partial charge >= 0.3 is 0 Å². The van der Waals surface area contributed by atoms with E-state index in [9.17, 15) is 10.1 Å². The van der Waals surface area contributed by atoms with Gasteiger partial charge in [-0.3, -0.25) is 9.69 Å². The summed E-state index contributed by atoms with van der Waals surface area (Å²) >= 11 is 6.38. The summed E-state index contributed by atoms with van der Waals surface area (Å²) in [5.74, 6) is -0.00324. The number of piperazine rings is 2. The molecule has 3 aromatic rings. The molecule has 7 nitrogen and oxygen atoms in total. The van der Waals surface area contributed by atoms with Crippen LogP contribution >= 0.6 is 11.6 Å². The van der Waals surface area contributed by atoms with Crippen LogP contribution in [0.5, 0.6) is 0 Å². The number of hydrogen-bond acceptors (Lipinski definition) is 5. The van der Waals surface area contributed by atoms with Crippen molar-refractivity contribution in [1.29, 1.82) is 5.26 Å². The Kier molecular flexibility index (Phi) is 7.17. The minimum atomic E-state index is -0.00324. The molecule has 2 aliphatic rings. The average Bonchev–Trinajstić information content (AvgIpc) is 3.24. The molecular weight excluding hydrogens is 472 g/mol. The lowest BCUT2D eigenvalue weighted by Gasteiger charge is -2.36. The zero-order valence-electron chi connectivity index (χ0n) is 20.6. The fraction of sp³-hybridized carbons (Fsp3) is 0.357. The molecule has 0 bridgehead atoms. The van der Waals surface area contributed by atoms with Crippen molar-refractivity contribution in [3.05, 3.63) is 82.6 Å². The highest BCUT2D eigenvalue weighted by Crippen LogP contribution is 2.27. The summed E-state index contributed by atoms with van der Waals surface area (Å²) in [7, 11) is 1.82. The summed E-state index contributed by atoms with van der Waals surface area (Å²) in [4.78, 5) is 22.3. The quantitative estimate of drug-likeness (QED) is 0.530. The second-order valence-electron chi connectivity index (χ2n) is 9.40. The smallest absolute Gasteiger partial charge is 0.270 e. The molecule has 0 spiro atoms. The molecule has 2 aromatic carbocycles. The predicted octanol–water partition coefficient (Wildman–Crippen LogP) is 3.83. The number of rotatable bonds is 5. The van der Waals surface area contributed by atoms with Crippen molar-refractivity contribution in [3.8, 4) is 6.07 Å². The number of aromatic nitrogens is 1. The molecule has 0 saturated carbocycles. The van der Waals surface area contributed by atoms with Gasteiger partial charge in [-0.15, -0.1) is 0 Å². The molecule has 8 heteroatoms. The van der Waals surface area contributed by atoms with Gasteiger partial charge in [-0.05, 0) is 30.3 Å². The number of hydrogen-bond donors (Lipinski definition) is 0. The maximum Gasteiger partial charge on any atom is 0.270 e. The van der Waals surface area contributed by atoms with Crippen molar-refractivity contribution in [2.75, 3.05) is 62.2 Å². The van der Waals surface area contributed by atoms with E-state index < -0.39 is 0 Å². The molecule has 2 fully saturated rings. The van der Waals surface area contributed by atoms with E-state index in [2.05, 4.69) is 39.0 Å². The third kappa shape index (κ3) is 4.92. The van der Waals surface area contributed by atoms with E-state index in [1.54, 1.807) is 4.57 Å². The third-order valence-corrected chi connectivity index (χ3v) is 7.60. The van der Waals surface area contributed by atoms with Crippen molar-refractivity contribution < 1.29 is 4.79 Å². The van der Waals surface area contributed by atoms with E-state index >= 15 is 0 Å². The van der Waals surface area contributed by atoms with Crippen molar-refractivity contribution in [2.45, 2.75) is 6.54 Å². The second-order valence-corrected chi connectivity index (χ2v) is 9.81. The second kappa shape index (κ2) is 10.7. The van der Waals surface area contributed by atoms with Crippen LogP contribution in [0.4, 0.5) is 11.4 Å². The SMILES string of the molecule is Cn1c(C(=O)N2CCN(c3ccccc3)CC2)cc(CN2CCN(c3ccccc3Cl)CC2)c1C#N. The zero-order chi connectivity index (χ0) is 25.1. The van der Waals surface area contributed by atoms with E-state index in [-0.39, 0.29) is 5.91 Å². The molecule has 0 aliphatic carbocycles. The lowest BCUT2D eigenvalue weighted by atomic mass is 10.2. The highest BCUT2D eigenvalue weighted by Gasteiger charge is 2.27. The third-order valence-electron chi connectivity index (χ3n) is 7.28. The lowest BCUT2D eigenvalue weighted by Crippen LogP contribution is -2.49. The Morgan fingerprint density at radius 3 is 2.19 bits per heavy atom. The van der Waals surface area contributed by atoms with Gasteiger partial charge in [0.05, 0.1) is 10.7 Å². The molecule has 0 N–H and O–H groups in total. The molecule has 186 valence electrons. The van der Waals surface area contributed by atoms with E-state index in [1.807, 2.05) is 54.4 Å². The van der Waals surface area contributed by atoms with Crippen molar-refractivity contribution in [3.63, 3.8) is 0 Å². The topological polar surface area (TPSA) is 58.8 Å². The summed E-state index contributed by atoms with van der Waals surface area (Å²) in [5, 5.41) is 10.6. The molecule has 1 amide bonds. The summed E-state index contributed by atoms with van der Waals surface area (Å²) in [6.07, 6.45) is 0. The average molecular weight is 503 g/mol. The maximum atomic E-state index is 13.4. The molecule has 2 aliphatic heterocycles. The molecule has 0 radical (unpaired) electrons. The summed E-state index contributed by atoms with van der Waals surface area (Å²) in [6, 6.07) is 22.5. The van der Waals surface area contributed by atoms with Gasteiger partial charge in [0.1, 0.15) is 17.5 Å². The van der Waals surface area contributed by atoms with Gasteiger partial charge < -0.3 is 19.3 Å². The summed E-state index contributed by atoms with van der Waals surface area (Å²) in [5.41, 5.74) is 4.32. The van der Waals surface area contributed by atoms with E-state index in [1.165, 1.54) is 5.69 Å². The van der Waals surface area contributed by atoms with Gasteiger partial charge in [0.15, 0.2) is 0 Å². The van der Waals surface area contributed by atoms with Crippen LogP contribution in [0, 0.1) is 11.3 Å².